The van der Waals surface area contributed by atoms with Crippen LogP contribution in [0.25, 0.3) is 0 Å². The fourth-order valence-corrected chi connectivity index (χ4v) is 3.14. The standard InChI is InChI=1S/C12H20N4O3S/c1-20(18,19)10-8-15-12(14-5-6-17)16-11(10)9-3-2-4-13-7-9/h8-9,13,17H,2-7H2,1H3,(H,14,15,16). The van der Waals surface area contributed by atoms with Gasteiger partial charge in [0.05, 0.1) is 18.5 Å². The van der Waals surface area contributed by atoms with Crippen molar-refractivity contribution < 1.29 is 13.5 Å². The molecule has 0 aromatic carbocycles. The molecule has 0 radical (unpaired) electrons. The predicted octanol–water partition coefficient (Wildman–Crippen LogP) is -0.249. The molecule has 0 aliphatic carbocycles. The third-order valence-corrected chi connectivity index (χ3v) is 4.37. The van der Waals surface area contributed by atoms with Gasteiger partial charge in [0.2, 0.25) is 5.95 Å². The van der Waals surface area contributed by atoms with E-state index in [0.717, 1.165) is 25.9 Å². The number of sulfone groups is 1. The summed E-state index contributed by atoms with van der Waals surface area (Å²) in [6.07, 6.45) is 4.43. The number of aromatic nitrogens is 2. The first kappa shape index (κ1) is 15.1. The summed E-state index contributed by atoms with van der Waals surface area (Å²) in [5.41, 5.74) is 0.565. The largest absolute Gasteiger partial charge is 0.395 e. The minimum absolute atomic E-state index is 0.0303. The van der Waals surface area contributed by atoms with Gasteiger partial charge in [0.1, 0.15) is 4.90 Å². The molecule has 20 heavy (non-hydrogen) atoms. The molecular weight excluding hydrogens is 280 g/mol. The van der Waals surface area contributed by atoms with Crippen LogP contribution in [0.15, 0.2) is 11.1 Å². The maximum atomic E-state index is 11.9. The second kappa shape index (κ2) is 6.47. The number of aliphatic hydroxyl groups excluding tert-OH is 1. The number of aliphatic hydroxyl groups is 1. The van der Waals surface area contributed by atoms with E-state index in [2.05, 4.69) is 20.6 Å². The van der Waals surface area contributed by atoms with Crippen molar-refractivity contribution in [1.82, 2.24) is 15.3 Å². The van der Waals surface area contributed by atoms with Crippen LogP contribution in [0.3, 0.4) is 0 Å². The van der Waals surface area contributed by atoms with E-state index in [1.807, 2.05) is 0 Å². The molecule has 1 aromatic rings. The highest BCUT2D eigenvalue weighted by Crippen LogP contribution is 2.27. The first-order chi connectivity index (χ1) is 9.52. The molecule has 1 saturated heterocycles. The molecule has 1 aliphatic rings. The fourth-order valence-electron chi connectivity index (χ4n) is 2.30. The van der Waals surface area contributed by atoms with Crippen LogP contribution in [0.4, 0.5) is 5.95 Å². The number of hydrogen-bond acceptors (Lipinski definition) is 7. The SMILES string of the molecule is CS(=O)(=O)c1cnc(NCCO)nc1C1CCCNC1. The molecule has 1 unspecified atom stereocenters. The highest BCUT2D eigenvalue weighted by atomic mass is 32.2. The van der Waals surface area contributed by atoms with Gasteiger partial charge in [0, 0.05) is 25.3 Å². The molecule has 7 nitrogen and oxygen atoms in total. The van der Waals surface area contributed by atoms with Crippen molar-refractivity contribution in [3.05, 3.63) is 11.9 Å². The van der Waals surface area contributed by atoms with E-state index < -0.39 is 9.84 Å². The highest BCUT2D eigenvalue weighted by Gasteiger charge is 2.25. The van der Waals surface area contributed by atoms with Crippen molar-refractivity contribution in [3.63, 3.8) is 0 Å². The molecule has 3 N–H and O–H groups in total. The van der Waals surface area contributed by atoms with Gasteiger partial charge in [-0.1, -0.05) is 0 Å². The Morgan fingerprint density at radius 3 is 2.95 bits per heavy atom. The molecule has 1 atom stereocenters. The molecule has 2 heterocycles. The molecular formula is C12H20N4O3S. The molecule has 1 fully saturated rings. The normalized spacial score (nSPS) is 19.8. The number of nitrogens with one attached hydrogen (secondary N) is 2. The Labute approximate surface area is 118 Å². The number of piperidine rings is 1. The summed E-state index contributed by atoms with van der Waals surface area (Å²) in [5, 5.41) is 14.9. The summed E-state index contributed by atoms with van der Waals surface area (Å²) in [7, 11) is -3.35. The molecule has 0 bridgehead atoms. The van der Waals surface area contributed by atoms with Crippen molar-refractivity contribution in [3.8, 4) is 0 Å². The summed E-state index contributed by atoms with van der Waals surface area (Å²) in [6.45, 7) is 1.97. The van der Waals surface area contributed by atoms with E-state index in [4.69, 9.17) is 5.11 Å². The first-order valence-corrected chi connectivity index (χ1v) is 8.54. The minimum atomic E-state index is -3.35. The van der Waals surface area contributed by atoms with Gasteiger partial charge in [-0.05, 0) is 19.4 Å². The van der Waals surface area contributed by atoms with E-state index in [1.165, 1.54) is 12.5 Å². The maximum absolute atomic E-state index is 11.9. The van der Waals surface area contributed by atoms with Crippen molar-refractivity contribution in [2.24, 2.45) is 0 Å². The Hall–Kier alpha value is -1.25. The van der Waals surface area contributed by atoms with Gasteiger partial charge in [0.15, 0.2) is 9.84 Å². The van der Waals surface area contributed by atoms with Gasteiger partial charge < -0.3 is 15.7 Å². The Kier molecular flexibility index (Phi) is 4.90. The third kappa shape index (κ3) is 3.65. The molecule has 0 spiro atoms. The summed E-state index contributed by atoms with van der Waals surface area (Å²) >= 11 is 0. The van der Waals surface area contributed by atoms with Crippen LogP contribution in [0.5, 0.6) is 0 Å². The predicted molar refractivity (Wildman–Crippen MR) is 75.6 cm³/mol. The van der Waals surface area contributed by atoms with Gasteiger partial charge >= 0.3 is 0 Å². The van der Waals surface area contributed by atoms with Crippen LogP contribution in [0, 0.1) is 0 Å². The number of anilines is 1. The zero-order valence-electron chi connectivity index (χ0n) is 11.5. The van der Waals surface area contributed by atoms with Gasteiger partial charge in [-0.15, -0.1) is 0 Å². The van der Waals surface area contributed by atoms with E-state index in [1.54, 1.807) is 0 Å². The average Bonchev–Trinajstić information content (AvgIpc) is 2.44. The van der Waals surface area contributed by atoms with Crippen LogP contribution in [0.1, 0.15) is 24.5 Å². The summed E-state index contributed by atoms with van der Waals surface area (Å²) < 4.78 is 23.7. The van der Waals surface area contributed by atoms with Crippen LogP contribution < -0.4 is 10.6 Å². The topological polar surface area (TPSA) is 104 Å². The zero-order chi connectivity index (χ0) is 14.6. The lowest BCUT2D eigenvalue weighted by Crippen LogP contribution is -2.30. The fraction of sp³-hybridized carbons (Fsp3) is 0.667. The van der Waals surface area contributed by atoms with E-state index in [-0.39, 0.29) is 17.4 Å². The molecule has 8 heteroatoms. The minimum Gasteiger partial charge on any atom is -0.395 e. The number of nitrogens with zero attached hydrogens (tertiary/aromatic N) is 2. The lowest BCUT2D eigenvalue weighted by atomic mass is 9.96. The van der Waals surface area contributed by atoms with Gasteiger partial charge in [-0.25, -0.2) is 18.4 Å². The molecule has 0 amide bonds. The number of rotatable bonds is 5. The first-order valence-electron chi connectivity index (χ1n) is 6.65. The summed E-state index contributed by atoms with van der Waals surface area (Å²) in [5.74, 6) is 0.429. The van der Waals surface area contributed by atoms with Crippen LogP contribution in [-0.2, 0) is 9.84 Å². The monoisotopic (exact) mass is 300 g/mol. The molecule has 2 rings (SSSR count). The van der Waals surface area contributed by atoms with E-state index in [9.17, 15) is 8.42 Å². The van der Waals surface area contributed by atoms with Gasteiger partial charge in [0.25, 0.3) is 0 Å². The summed E-state index contributed by atoms with van der Waals surface area (Å²) in [4.78, 5) is 8.55. The molecule has 0 saturated carbocycles. The van der Waals surface area contributed by atoms with Crippen molar-refractivity contribution in [1.29, 1.82) is 0 Å². The Bertz CT molecular complexity index is 556. The lowest BCUT2D eigenvalue weighted by Gasteiger charge is -2.24. The zero-order valence-corrected chi connectivity index (χ0v) is 12.3. The maximum Gasteiger partial charge on any atom is 0.223 e. The lowest BCUT2D eigenvalue weighted by molar-refractivity contribution is 0.310. The highest BCUT2D eigenvalue weighted by molar-refractivity contribution is 7.90. The Morgan fingerprint density at radius 2 is 2.35 bits per heavy atom. The Balaban J connectivity index is 2.36. The van der Waals surface area contributed by atoms with Crippen LogP contribution >= 0.6 is 0 Å². The van der Waals surface area contributed by atoms with E-state index in [0.29, 0.717) is 18.2 Å². The van der Waals surface area contributed by atoms with Crippen molar-refractivity contribution in [2.45, 2.75) is 23.7 Å². The summed E-state index contributed by atoms with van der Waals surface area (Å²) in [6, 6.07) is 0. The molecule has 1 aliphatic heterocycles. The molecule has 1 aromatic heterocycles. The average molecular weight is 300 g/mol. The number of hydrogen-bond donors (Lipinski definition) is 3. The quantitative estimate of drug-likeness (QED) is 0.689. The Morgan fingerprint density at radius 1 is 1.55 bits per heavy atom. The second-order valence-electron chi connectivity index (χ2n) is 4.91. The van der Waals surface area contributed by atoms with Crippen molar-refractivity contribution in [2.75, 3.05) is 37.8 Å². The van der Waals surface area contributed by atoms with Crippen LogP contribution in [-0.4, -0.2) is 56.0 Å². The van der Waals surface area contributed by atoms with Crippen LogP contribution in [0.2, 0.25) is 0 Å². The van der Waals surface area contributed by atoms with E-state index >= 15 is 0 Å². The van der Waals surface area contributed by atoms with Gasteiger partial charge in [-0.3, -0.25) is 0 Å². The molecule has 112 valence electrons. The third-order valence-electron chi connectivity index (χ3n) is 3.26. The second-order valence-corrected chi connectivity index (χ2v) is 6.89. The smallest absolute Gasteiger partial charge is 0.223 e. The van der Waals surface area contributed by atoms with Gasteiger partial charge in [-0.2, -0.15) is 0 Å². The van der Waals surface area contributed by atoms with Crippen molar-refractivity contribution >= 4 is 15.8 Å².